The fourth-order valence-corrected chi connectivity index (χ4v) is 2.40. The Balaban J connectivity index is 2.59. The quantitative estimate of drug-likeness (QED) is 0.835. The number of anilines is 2. The molecule has 0 spiro atoms. The van der Waals surface area contributed by atoms with Gasteiger partial charge in [0.1, 0.15) is 9.84 Å². The van der Waals surface area contributed by atoms with E-state index in [4.69, 9.17) is 0 Å². The highest BCUT2D eigenvalue weighted by Crippen LogP contribution is 2.17. The van der Waals surface area contributed by atoms with Crippen LogP contribution in [0.1, 0.15) is 20.3 Å². The molecular weight excluding hydrogens is 276 g/mol. The number of nitrogens with zero attached hydrogens (tertiary/aromatic N) is 1. The molecule has 0 fully saturated rings. The van der Waals surface area contributed by atoms with Crippen molar-refractivity contribution in [2.24, 2.45) is 0 Å². The third-order valence-electron chi connectivity index (χ3n) is 2.98. The molecular formula is C14H22N2O3S. The molecule has 6 heteroatoms. The molecule has 1 aromatic rings. The van der Waals surface area contributed by atoms with Gasteiger partial charge in [-0.1, -0.05) is 0 Å². The summed E-state index contributed by atoms with van der Waals surface area (Å²) in [4.78, 5) is 13.8. The molecule has 0 heterocycles. The molecule has 5 nitrogen and oxygen atoms in total. The lowest BCUT2D eigenvalue weighted by Crippen LogP contribution is -2.21. The van der Waals surface area contributed by atoms with E-state index in [1.54, 1.807) is 0 Å². The average molecular weight is 298 g/mol. The maximum atomic E-state index is 11.6. The Hall–Kier alpha value is -1.56. The van der Waals surface area contributed by atoms with Crippen LogP contribution in [0.2, 0.25) is 0 Å². The number of hydrogen-bond donors (Lipinski definition) is 1. The van der Waals surface area contributed by atoms with E-state index in [1.165, 1.54) is 0 Å². The topological polar surface area (TPSA) is 66.5 Å². The number of nitrogens with one attached hydrogen (secondary N) is 1. The summed E-state index contributed by atoms with van der Waals surface area (Å²) >= 11 is 0. The summed E-state index contributed by atoms with van der Waals surface area (Å²) in [6.07, 6.45) is 1.11. The summed E-state index contributed by atoms with van der Waals surface area (Å²) in [6.45, 7) is 6.03. The second kappa shape index (κ2) is 7.28. The molecule has 1 rings (SSSR count). The van der Waals surface area contributed by atoms with Gasteiger partial charge in [0.25, 0.3) is 0 Å². The SMILES string of the molecule is CCN(CC)c1ccc(NC(=O)CCS(C)(=O)=O)cc1. The molecule has 0 bridgehead atoms. The van der Waals surface area contributed by atoms with Crippen LogP contribution in [-0.2, 0) is 14.6 Å². The fourth-order valence-electron chi connectivity index (χ4n) is 1.85. The fraction of sp³-hybridized carbons (Fsp3) is 0.500. The zero-order valence-electron chi connectivity index (χ0n) is 12.2. The van der Waals surface area contributed by atoms with Crippen LogP contribution in [-0.4, -0.2) is 39.4 Å². The van der Waals surface area contributed by atoms with E-state index >= 15 is 0 Å². The Morgan fingerprint density at radius 1 is 1.15 bits per heavy atom. The molecule has 0 radical (unpaired) electrons. The molecule has 1 N–H and O–H groups in total. The molecule has 112 valence electrons. The van der Waals surface area contributed by atoms with Crippen molar-refractivity contribution in [3.8, 4) is 0 Å². The first-order chi connectivity index (χ1) is 9.35. The number of sulfone groups is 1. The maximum absolute atomic E-state index is 11.6. The minimum absolute atomic E-state index is 0.0172. The van der Waals surface area contributed by atoms with Gasteiger partial charge in [-0.05, 0) is 38.1 Å². The van der Waals surface area contributed by atoms with Gasteiger partial charge in [-0.15, -0.1) is 0 Å². The van der Waals surface area contributed by atoms with Gasteiger partial charge in [-0.25, -0.2) is 8.42 Å². The molecule has 0 atom stereocenters. The first-order valence-electron chi connectivity index (χ1n) is 6.68. The van der Waals surface area contributed by atoms with Crippen LogP contribution in [0.15, 0.2) is 24.3 Å². The molecule has 0 aliphatic carbocycles. The highest BCUT2D eigenvalue weighted by Gasteiger charge is 2.08. The summed E-state index contributed by atoms with van der Waals surface area (Å²) in [5.74, 6) is -0.415. The van der Waals surface area contributed by atoms with Crippen molar-refractivity contribution >= 4 is 27.1 Å². The summed E-state index contributed by atoms with van der Waals surface area (Å²) in [5, 5.41) is 2.69. The van der Waals surface area contributed by atoms with E-state index in [9.17, 15) is 13.2 Å². The zero-order valence-corrected chi connectivity index (χ0v) is 13.0. The van der Waals surface area contributed by atoms with E-state index in [1.807, 2.05) is 24.3 Å². The van der Waals surface area contributed by atoms with Crippen molar-refractivity contribution in [2.45, 2.75) is 20.3 Å². The molecule has 1 aromatic carbocycles. The van der Waals surface area contributed by atoms with Crippen LogP contribution < -0.4 is 10.2 Å². The van der Waals surface area contributed by atoms with Gasteiger partial charge in [-0.2, -0.15) is 0 Å². The highest BCUT2D eigenvalue weighted by molar-refractivity contribution is 7.90. The van der Waals surface area contributed by atoms with Gasteiger partial charge in [0, 0.05) is 37.1 Å². The molecule has 20 heavy (non-hydrogen) atoms. The summed E-state index contributed by atoms with van der Waals surface area (Å²) in [7, 11) is -3.10. The average Bonchev–Trinajstić information content (AvgIpc) is 2.39. The largest absolute Gasteiger partial charge is 0.372 e. The lowest BCUT2D eigenvalue weighted by atomic mass is 10.2. The third-order valence-corrected chi connectivity index (χ3v) is 3.93. The van der Waals surface area contributed by atoms with Crippen LogP contribution in [0, 0.1) is 0 Å². The van der Waals surface area contributed by atoms with Gasteiger partial charge >= 0.3 is 0 Å². The van der Waals surface area contributed by atoms with Gasteiger partial charge in [0.05, 0.1) is 5.75 Å². The molecule has 0 aliphatic rings. The summed E-state index contributed by atoms with van der Waals surface area (Å²) < 4.78 is 22.0. The Kier molecular flexibility index (Phi) is 6.01. The van der Waals surface area contributed by atoms with Crippen molar-refractivity contribution in [1.29, 1.82) is 0 Å². The third kappa shape index (κ3) is 5.61. The minimum Gasteiger partial charge on any atom is -0.372 e. The molecule has 0 aliphatic heterocycles. The van der Waals surface area contributed by atoms with Crippen LogP contribution in [0.5, 0.6) is 0 Å². The number of carbonyl (C=O) groups is 1. The highest BCUT2D eigenvalue weighted by atomic mass is 32.2. The molecule has 0 unspecified atom stereocenters. The molecule has 0 aromatic heterocycles. The zero-order chi connectivity index (χ0) is 15.2. The lowest BCUT2D eigenvalue weighted by Gasteiger charge is -2.21. The van der Waals surface area contributed by atoms with Crippen LogP contribution in [0.25, 0.3) is 0 Å². The Bertz CT molecular complexity index is 534. The minimum atomic E-state index is -3.10. The molecule has 0 saturated carbocycles. The van der Waals surface area contributed by atoms with Crippen molar-refractivity contribution in [1.82, 2.24) is 0 Å². The molecule has 0 saturated heterocycles. The number of carbonyl (C=O) groups excluding carboxylic acids is 1. The van der Waals surface area contributed by atoms with Crippen LogP contribution >= 0.6 is 0 Å². The van der Waals surface area contributed by atoms with Crippen molar-refractivity contribution < 1.29 is 13.2 Å². The standard InChI is InChI=1S/C14H22N2O3S/c1-4-16(5-2)13-8-6-12(7-9-13)15-14(17)10-11-20(3,18)19/h6-9H,4-5,10-11H2,1-3H3,(H,15,17). The van der Waals surface area contributed by atoms with E-state index in [0.29, 0.717) is 5.69 Å². The van der Waals surface area contributed by atoms with Crippen LogP contribution in [0.3, 0.4) is 0 Å². The molecule has 1 amide bonds. The van der Waals surface area contributed by atoms with Crippen molar-refractivity contribution in [3.05, 3.63) is 24.3 Å². The van der Waals surface area contributed by atoms with Gasteiger partial charge in [0.15, 0.2) is 0 Å². The van der Waals surface area contributed by atoms with E-state index in [0.717, 1.165) is 25.0 Å². The summed E-state index contributed by atoms with van der Waals surface area (Å²) in [6, 6.07) is 7.54. The number of rotatable bonds is 7. The van der Waals surface area contributed by atoms with E-state index in [-0.39, 0.29) is 18.1 Å². The first-order valence-corrected chi connectivity index (χ1v) is 8.74. The Labute approximate surface area is 120 Å². The monoisotopic (exact) mass is 298 g/mol. The van der Waals surface area contributed by atoms with Gasteiger partial charge < -0.3 is 10.2 Å². The van der Waals surface area contributed by atoms with Gasteiger partial charge in [-0.3, -0.25) is 4.79 Å². The van der Waals surface area contributed by atoms with E-state index < -0.39 is 9.84 Å². The lowest BCUT2D eigenvalue weighted by molar-refractivity contribution is -0.115. The predicted molar refractivity (Wildman–Crippen MR) is 83.0 cm³/mol. The second-order valence-electron chi connectivity index (χ2n) is 4.65. The smallest absolute Gasteiger partial charge is 0.225 e. The van der Waals surface area contributed by atoms with Crippen molar-refractivity contribution in [3.63, 3.8) is 0 Å². The van der Waals surface area contributed by atoms with E-state index in [2.05, 4.69) is 24.1 Å². The van der Waals surface area contributed by atoms with Crippen LogP contribution in [0.4, 0.5) is 11.4 Å². The normalized spacial score (nSPS) is 11.2. The second-order valence-corrected chi connectivity index (χ2v) is 6.91. The number of benzene rings is 1. The number of hydrogen-bond acceptors (Lipinski definition) is 4. The van der Waals surface area contributed by atoms with Gasteiger partial charge in [0.2, 0.25) is 5.91 Å². The predicted octanol–water partition coefficient (Wildman–Crippen LogP) is 1.91. The Morgan fingerprint density at radius 2 is 1.70 bits per heavy atom. The maximum Gasteiger partial charge on any atom is 0.225 e. The number of amides is 1. The summed E-state index contributed by atoms with van der Waals surface area (Å²) in [5.41, 5.74) is 1.78. The first kappa shape index (κ1) is 16.5. The van der Waals surface area contributed by atoms with Crippen molar-refractivity contribution in [2.75, 3.05) is 35.3 Å². The Morgan fingerprint density at radius 3 is 2.15 bits per heavy atom.